The molecule has 0 saturated carbocycles. The number of benzene rings is 2. The van der Waals surface area contributed by atoms with Crippen molar-refractivity contribution in [2.24, 2.45) is 0 Å². The van der Waals surface area contributed by atoms with E-state index in [1.54, 1.807) is 0 Å². The van der Waals surface area contributed by atoms with E-state index in [2.05, 4.69) is 25.9 Å². The van der Waals surface area contributed by atoms with Crippen molar-refractivity contribution in [2.45, 2.75) is 0 Å². The molecular weight excluding hydrogens is 358 g/mol. The Hall–Kier alpha value is -3.58. The summed E-state index contributed by atoms with van der Waals surface area (Å²) in [6.07, 6.45) is 3.80. The van der Waals surface area contributed by atoms with Crippen molar-refractivity contribution in [3.05, 3.63) is 79.3 Å². The zero-order chi connectivity index (χ0) is 18.1. The standard InChI is InChI=1S/C20H13N5OS/c1-2-10-25-13-21-19(18(25)9-1)14-5-3-7-16(11-14)26-17-8-4-6-15(12-17)20-22-23-24-27-20/h1-13H. The molecule has 130 valence electrons. The molecule has 6 nitrogen and oxygen atoms in total. The molecule has 5 rings (SSSR count). The third kappa shape index (κ3) is 3.04. The molecule has 27 heavy (non-hydrogen) atoms. The van der Waals surface area contributed by atoms with Crippen molar-refractivity contribution in [2.75, 3.05) is 0 Å². The molecule has 0 aliphatic carbocycles. The molecule has 2 aromatic carbocycles. The van der Waals surface area contributed by atoms with Crippen LogP contribution in [0.25, 0.3) is 27.3 Å². The van der Waals surface area contributed by atoms with Crippen molar-refractivity contribution in [3.63, 3.8) is 0 Å². The van der Waals surface area contributed by atoms with E-state index in [-0.39, 0.29) is 0 Å². The van der Waals surface area contributed by atoms with Crippen LogP contribution in [0.5, 0.6) is 11.5 Å². The van der Waals surface area contributed by atoms with Gasteiger partial charge in [0.25, 0.3) is 0 Å². The van der Waals surface area contributed by atoms with E-state index >= 15 is 0 Å². The summed E-state index contributed by atoms with van der Waals surface area (Å²) in [5, 5.41) is 8.41. The SMILES string of the molecule is c1cc(Oc2cccc(-c3ncn4ccccc34)c2)cc(-c2nnns2)c1. The average molecular weight is 371 g/mol. The molecule has 0 fully saturated rings. The molecule has 7 heteroatoms. The van der Waals surface area contributed by atoms with Crippen molar-refractivity contribution in [1.82, 2.24) is 24.2 Å². The Morgan fingerprint density at radius 3 is 2.48 bits per heavy atom. The monoisotopic (exact) mass is 371 g/mol. The molecule has 0 bridgehead atoms. The summed E-state index contributed by atoms with van der Waals surface area (Å²) in [5.74, 6) is 1.48. The first-order valence-electron chi connectivity index (χ1n) is 8.32. The van der Waals surface area contributed by atoms with Gasteiger partial charge in [0.05, 0.1) is 17.5 Å². The van der Waals surface area contributed by atoms with Gasteiger partial charge in [-0.15, -0.1) is 5.10 Å². The van der Waals surface area contributed by atoms with Gasteiger partial charge in [-0.3, -0.25) is 0 Å². The molecule has 0 radical (unpaired) electrons. The fourth-order valence-corrected chi connectivity index (χ4v) is 3.40. The Morgan fingerprint density at radius 1 is 0.852 bits per heavy atom. The molecule has 0 N–H and O–H groups in total. The first-order valence-corrected chi connectivity index (χ1v) is 9.10. The van der Waals surface area contributed by atoms with E-state index in [1.807, 2.05) is 77.6 Å². The molecule has 5 aromatic rings. The van der Waals surface area contributed by atoms with Crippen LogP contribution in [0.4, 0.5) is 0 Å². The zero-order valence-electron chi connectivity index (χ0n) is 14.1. The van der Waals surface area contributed by atoms with E-state index in [0.717, 1.165) is 38.8 Å². The van der Waals surface area contributed by atoms with E-state index in [1.165, 1.54) is 11.5 Å². The highest BCUT2D eigenvalue weighted by Crippen LogP contribution is 2.31. The minimum atomic E-state index is 0.731. The van der Waals surface area contributed by atoms with Crippen LogP contribution < -0.4 is 4.74 Å². The van der Waals surface area contributed by atoms with Crippen molar-refractivity contribution in [1.29, 1.82) is 0 Å². The summed E-state index contributed by atoms with van der Waals surface area (Å²) in [6, 6.07) is 21.7. The number of hydrogen-bond donors (Lipinski definition) is 0. The zero-order valence-corrected chi connectivity index (χ0v) is 14.9. The molecule has 3 aromatic heterocycles. The Labute approximate surface area is 158 Å². The molecule has 3 heterocycles. The molecule has 0 aliphatic heterocycles. The van der Waals surface area contributed by atoms with Gasteiger partial charge in [-0.05, 0) is 41.6 Å². The lowest BCUT2D eigenvalue weighted by Gasteiger charge is -2.08. The first kappa shape index (κ1) is 15.7. The summed E-state index contributed by atoms with van der Waals surface area (Å²) < 4.78 is 11.9. The van der Waals surface area contributed by atoms with Crippen molar-refractivity contribution >= 4 is 17.0 Å². The van der Waals surface area contributed by atoms with Crippen molar-refractivity contribution < 1.29 is 4.74 Å². The summed E-state index contributed by atoms with van der Waals surface area (Å²) in [6.45, 7) is 0. The van der Waals surface area contributed by atoms with Crippen LogP contribution in [0.1, 0.15) is 0 Å². The third-order valence-corrected chi connectivity index (χ3v) is 4.81. The van der Waals surface area contributed by atoms with Crippen LogP contribution in [0.2, 0.25) is 0 Å². The van der Waals surface area contributed by atoms with E-state index < -0.39 is 0 Å². The van der Waals surface area contributed by atoms with E-state index in [0.29, 0.717) is 0 Å². The molecule has 0 atom stereocenters. The predicted molar refractivity (Wildman–Crippen MR) is 104 cm³/mol. The normalized spacial score (nSPS) is 11.0. The van der Waals surface area contributed by atoms with Gasteiger partial charge in [0.2, 0.25) is 0 Å². The van der Waals surface area contributed by atoms with Gasteiger partial charge in [0.1, 0.15) is 11.5 Å². The third-order valence-electron chi connectivity index (χ3n) is 4.17. The van der Waals surface area contributed by atoms with Gasteiger partial charge in [-0.2, -0.15) is 0 Å². The van der Waals surface area contributed by atoms with Gasteiger partial charge >= 0.3 is 0 Å². The smallest absolute Gasteiger partial charge is 0.168 e. The van der Waals surface area contributed by atoms with Gasteiger partial charge in [0.15, 0.2) is 5.01 Å². The van der Waals surface area contributed by atoms with E-state index in [4.69, 9.17) is 4.74 Å². The Bertz CT molecular complexity index is 1220. The number of hydrogen-bond acceptors (Lipinski definition) is 6. The number of imidazole rings is 1. The second kappa shape index (κ2) is 6.62. The number of fused-ring (bicyclic) bond motifs is 1. The summed E-state index contributed by atoms with van der Waals surface area (Å²) in [5.41, 5.74) is 3.92. The molecule has 0 amide bonds. The molecular formula is C20H13N5OS. The number of nitrogens with zero attached hydrogens (tertiary/aromatic N) is 5. The largest absolute Gasteiger partial charge is 0.457 e. The van der Waals surface area contributed by atoms with Crippen LogP contribution in [0.15, 0.2) is 79.3 Å². The second-order valence-electron chi connectivity index (χ2n) is 5.91. The number of aromatic nitrogens is 5. The highest BCUT2D eigenvalue weighted by Gasteiger charge is 2.09. The number of rotatable bonds is 4. The van der Waals surface area contributed by atoms with Crippen LogP contribution in [0.3, 0.4) is 0 Å². The van der Waals surface area contributed by atoms with Gasteiger partial charge < -0.3 is 9.14 Å². The van der Waals surface area contributed by atoms with Gasteiger partial charge in [-0.25, -0.2) is 4.98 Å². The van der Waals surface area contributed by atoms with Crippen LogP contribution >= 0.6 is 11.5 Å². The van der Waals surface area contributed by atoms with Crippen LogP contribution in [-0.2, 0) is 0 Å². The number of pyridine rings is 1. The predicted octanol–water partition coefficient (Wildman–Crippen LogP) is 4.71. The van der Waals surface area contributed by atoms with Gasteiger partial charge in [0, 0.05) is 28.9 Å². The molecule has 0 saturated heterocycles. The lowest BCUT2D eigenvalue weighted by molar-refractivity contribution is 0.483. The summed E-state index contributed by atoms with van der Waals surface area (Å²) in [4.78, 5) is 4.55. The Kier molecular flexibility index (Phi) is 3.84. The Morgan fingerprint density at radius 2 is 1.67 bits per heavy atom. The number of ether oxygens (including phenoxy) is 1. The summed E-state index contributed by atoms with van der Waals surface area (Å²) >= 11 is 1.25. The van der Waals surface area contributed by atoms with Crippen LogP contribution in [0, 0.1) is 0 Å². The lowest BCUT2D eigenvalue weighted by atomic mass is 10.1. The fourth-order valence-electron chi connectivity index (χ4n) is 2.95. The van der Waals surface area contributed by atoms with Crippen molar-refractivity contribution in [3.8, 4) is 33.3 Å². The van der Waals surface area contributed by atoms with Crippen LogP contribution in [-0.4, -0.2) is 24.2 Å². The maximum absolute atomic E-state index is 6.07. The Balaban J connectivity index is 1.47. The topological polar surface area (TPSA) is 65.2 Å². The minimum absolute atomic E-state index is 0.731. The molecule has 0 spiro atoms. The van der Waals surface area contributed by atoms with E-state index in [9.17, 15) is 0 Å². The lowest BCUT2D eigenvalue weighted by Crippen LogP contribution is -1.87. The van der Waals surface area contributed by atoms with Gasteiger partial charge in [-0.1, -0.05) is 34.8 Å². The molecule has 0 unspecified atom stereocenters. The molecule has 0 aliphatic rings. The maximum atomic E-state index is 6.07. The average Bonchev–Trinajstić information content (AvgIpc) is 3.39. The fraction of sp³-hybridized carbons (Fsp3) is 0. The maximum Gasteiger partial charge on any atom is 0.168 e. The highest BCUT2D eigenvalue weighted by atomic mass is 32.1. The first-order chi connectivity index (χ1) is 13.4. The second-order valence-corrected chi connectivity index (χ2v) is 6.64. The summed E-state index contributed by atoms with van der Waals surface area (Å²) in [7, 11) is 0. The minimum Gasteiger partial charge on any atom is -0.457 e. The highest BCUT2D eigenvalue weighted by molar-refractivity contribution is 7.08. The quantitative estimate of drug-likeness (QED) is 0.458.